The fourth-order valence-electron chi connectivity index (χ4n) is 6.96. The monoisotopic (exact) mass is 592 g/mol. The van der Waals surface area contributed by atoms with Gasteiger partial charge in [0.05, 0.1) is 16.7 Å². The van der Waals surface area contributed by atoms with Gasteiger partial charge in [0.25, 0.3) is 0 Å². The summed E-state index contributed by atoms with van der Waals surface area (Å²) >= 11 is 1.86. The molecule has 0 bridgehead atoms. The predicted molar refractivity (Wildman–Crippen MR) is 190 cm³/mol. The third-order valence-corrected chi connectivity index (χ3v) is 10.2. The van der Waals surface area contributed by atoms with Crippen molar-refractivity contribution >= 4 is 75.3 Å². The number of furan rings is 1. The first-order valence-electron chi connectivity index (χ1n) is 15.1. The Bertz CT molecular complexity index is 2730. The van der Waals surface area contributed by atoms with Gasteiger partial charge in [-0.3, -0.25) is 4.57 Å². The lowest BCUT2D eigenvalue weighted by Gasteiger charge is -2.09. The van der Waals surface area contributed by atoms with Crippen molar-refractivity contribution in [3.63, 3.8) is 0 Å². The molecule has 0 aliphatic carbocycles. The number of hydrogen-bond acceptors (Lipinski definition) is 3. The molecule has 0 unspecified atom stereocenters. The maximum absolute atomic E-state index is 6.33. The van der Waals surface area contributed by atoms with Crippen molar-refractivity contribution in [2.75, 3.05) is 0 Å². The molecule has 10 aromatic rings. The number of benzene rings is 6. The fraction of sp³-hybridized carbons (Fsp3) is 0. The van der Waals surface area contributed by atoms with Crippen molar-refractivity contribution in [2.24, 2.45) is 0 Å². The summed E-state index contributed by atoms with van der Waals surface area (Å²) in [4.78, 5) is 5.21. The second kappa shape index (κ2) is 9.39. The van der Waals surface area contributed by atoms with Crippen LogP contribution in [0.15, 0.2) is 150 Å². The van der Waals surface area contributed by atoms with Crippen LogP contribution in [0.4, 0.5) is 0 Å². The maximum Gasteiger partial charge on any atom is 0.138 e. The summed E-state index contributed by atoms with van der Waals surface area (Å²) in [6.07, 6.45) is 0. The molecule has 0 aliphatic heterocycles. The molecule has 0 atom stereocenters. The van der Waals surface area contributed by atoms with Crippen LogP contribution in [-0.2, 0) is 0 Å². The van der Waals surface area contributed by atoms with Gasteiger partial charge in [-0.2, -0.15) is 0 Å². The molecule has 0 radical (unpaired) electrons. The van der Waals surface area contributed by atoms with Crippen LogP contribution in [0.5, 0.6) is 0 Å². The quantitative estimate of drug-likeness (QED) is 0.204. The second-order valence-electron chi connectivity index (χ2n) is 11.6. The van der Waals surface area contributed by atoms with Gasteiger partial charge in [-0.1, -0.05) is 84.9 Å². The number of nitrogens with zero attached hydrogens (tertiary/aromatic N) is 2. The summed E-state index contributed by atoms with van der Waals surface area (Å²) in [5.41, 5.74) is 8.51. The minimum absolute atomic E-state index is 0.879. The maximum atomic E-state index is 6.33. The lowest BCUT2D eigenvalue weighted by Crippen LogP contribution is -1.98. The van der Waals surface area contributed by atoms with E-state index in [-0.39, 0.29) is 0 Å². The van der Waals surface area contributed by atoms with Crippen LogP contribution in [-0.4, -0.2) is 9.55 Å². The summed E-state index contributed by atoms with van der Waals surface area (Å²) < 4.78 is 11.2. The Morgan fingerprint density at radius 3 is 1.89 bits per heavy atom. The van der Waals surface area contributed by atoms with E-state index in [4.69, 9.17) is 9.40 Å². The Kier molecular flexibility index (Phi) is 5.16. The fourth-order valence-corrected chi connectivity index (χ4v) is 8.19. The average molecular weight is 593 g/mol. The van der Waals surface area contributed by atoms with Crippen molar-refractivity contribution in [1.29, 1.82) is 0 Å². The normalized spacial score (nSPS) is 12.0. The molecular formula is C41H24N2OS. The molecule has 0 saturated heterocycles. The third-order valence-electron chi connectivity index (χ3n) is 9.02. The van der Waals surface area contributed by atoms with E-state index >= 15 is 0 Å². The van der Waals surface area contributed by atoms with Crippen molar-refractivity contribution in [1.82, 2.24) is 9.55 Å². The zero-order valence-corrected chi connectivity index (χ0v) is 24.9. The first kappa shape index (κ1) is 24.7. The molecule has 0 N–H and O–H groups in total. The van der Waals surface area contributed by atoms with Crippen LogP contribution in [0.1, 0.15) is 0 Å². The van der Waals surface area contributed by atoms with Crippen LogP contribution in [0.25, 0.3) is 92.1 Å². The summed E-state index contributed by atoms with van der Waals surface area (Å²) in [5, 5.41) is 7.29. The Morgan fingerprint density at radius 2 is 1.11 bits per heavy atom. The highest BCUT2D eigenvalue weighted by molar-refractivity contribution is 7.26. The summed E-state index contributed by atoms with van der Waals surface area (Å²) in [6.45, 7) is 0. The molecule has 210 valence electrons. The molecule has 0 amide bonds. The molecular weight excluding hydrogens is 569 g/mol. The van der Waals surface area contributed by atoms with Crippen molar-refractivity contribution in [3.8, 4) is 28.2 Å². The largest absolute Gasteiger partial charge is 0.456 e. The van der Waals surface area contributed by atoms with Crippen molar-refractivity contribution in [3.05, 3.63) is 146 Å². The molecule has 4 heterocycles. The van der Waals surface area contributed by atoms with E-state index in [1.54, 1.807) is 0 Å². The average Bonchev–Trinajstić information content (AvgIpc) is 3.77. The molecule has 0 fully saturated rings. The van der Waals surface area contributed by atoms with Crippen molar-refractivity contribution < 1.29 is 4.42 Å². The number of aromatic nitrogens is 2. The van der Waals surface area contributed by atoms with Gasteiger partial charge in [0.2, 0.25) is 0 Å². The summed E-state index contributed by atoms with van der Waals surface area (Å²) in [6, 6.07) is 51.7. The topological polar surface area (TPSA) is 31.0 Å². The van der Waals surface area contributed by atoms with Crippen LogP contribution in [0.2, 0.25) is 0 Å². The van der Waals surface area contributed by atoms with Gasteiger partial charge in [-0.25, -0.2) is 4.98 Å². The molecule has 4 heteroatoms. The number of thiophene rings is 1. The molecule has 4 aromatic heterocycles. The Hall–Kier alpha value is -5.71. The molecule has 6 aromatic carbocycles. The van der Waals surface area contributed by atoms with Gasteiger partial charge < -0.3 is 4.42 Å². The predicted octanol–water partition coefficient (Wildman–Crippen LogP) is 11.8. The molecule has 0 aliphatic rings. The lowest BCUT2D eigenvalue weighted by molar-refractivity contribution is 0.669. The van der Waals surface area contributed by atoms with E-state index in [0.29, 0.717) is 0 Å². The van der Waals surface area contributed by atoms with E-state index in [9.17, 15) is 0 Å². The number of rotatable bonds is 3. The highest BCUT2D eigenvalue weighted by atomic mass is 32.1. The molecule has 45 heavy (non-hydrogen) atoms. The number of fused-ring (bicyclic) bond motifs is 9. The minimum Gasteiger partial charge on any atom is -0.456 e. The first-order chi connectivity index (χ1) is 22.3. The van der Waals surface area contributed by atoms with Gasteiger partial charge in [0.1, 0.15) is 17.0 Å². The van der Waals surface area contributed by atoms with E-state index in [1.807, 2.05) is 11.3 Å². The second-order valence-corrected chi connectivity index (χ2v) is 12.6. The van der Waals surface area contributed by atoms with E-state index in [2.05, 4.69) is 150 Å². The summed E-state index contributed by atoms with van der Waals surface area (Å²) in [7, 11) is 0. The summed E-state index contributed by atoms with van der Waals surface area (Å²) in [5.74, 6) is 0.903. The Balaban J connectivity index is 1.13. The van der Waals surface area contributed by atoms with E-state index in [0.717, 1.165) is 50.0 Å². The highest BCUT2D eigenvalue weighted by Gasteiger charge is 2.16. The molecule has 0 spiro atoms. The van der Waals surface area contributed by atoms with Crippen LogP contribution >= 0.6 is 11.3 Å². The van der Waals surface area contributed by atoms with Gasteiger partial charge >= 0.3 is 0 Å². The van der Waals surface area contributed by atoms with Gasteiger partial charge in [0, 0.05) is 47.3 Å². The van der Waals surface area contributed by atoms with Gasteiger partial charge in [-0.15, -0.1) is 11.3 Å². The molecule has 10 rings (SSSR count). The zero-order chi connectivity index (χ0) is 29.5. The van der Waals surface area contributed by atoms with Gasteiger partial charge in [0.15, 0.2) is 0 Å². The van der Waals surface area contributed by atoms with Crippen LogP contribution in [0.3, 0.4) is 0 Å². The van der Waals surface area contributed by atoms with E-state index in [1.165, 1.54) is 42.1 Å². The Labute approximate surface area is 262 Å². The minimum atomic E-state index is 0.879. The van der Waals surface area contributed by atoms with E-state index < -0.39 is 0 Å². The number of para-hydroxylation sites is 2. The number of hydrogen-bond donors (Lipinski definition) is 0. The standard InChI is InChI=1S/C41H24N2OS/c1-4-15-35-28(9-1)29-10-2-5-16-36(29)43(35)40-18-8-14-34(42-40)26-20-22-38-33(24-26)32-23-25(19-21-37(32)44-38)27-12-7-13-31-30-11-3-6-17-39(30)45-41(27)31/h1-24H. The Morgan fingerprint density at radius 1 is 0.489 bits per heavy atom. The highest BCUT2D eigenvalue weighted by Crippen LogP contribution is 2.42. The van der Waals surface area contributed by atoms with Gasteiger partial charge in [-0.05, 0) is 71.8 Å². The first-order valence-corrected chi connectivity index (χ1v) is 15.9. The van der Waals surface area contributed by atoms with Crippen LogP contribution < -0.4 is 0 Å². The third kappa shape index (κ3) is 3.67. The smallest absolute Gasteiger partial charge is 0.138 e. The van der Waals surface area contributed by atoms with Crippen LogP contribution in [0, 0.1) is 0 Å². The molecule has 3 nitrogen and oxygen atoms in total. The molecule has 0 saturated carbocycles. The van der Waals surface area contributed by atoms with Crippen molar-refractivity contribution in [2.45, 2.75) is 0 Å². The number of pyridine rings is 1. The lowest BCUT2D eigenvalue weighted by atomic mass is 10.00. The SMILES string of the molecule is c1cc(-c2ccc3oc4ccc(-c5cccc6c5sc5ccccc56)cc4c3c2)nc(-n2c3ccccc3c3ccccc32)c1. The zero-order valence-electron chi connectivity index (χ0n) is 24.1.